The number of carbonyl (C=O) groups excluding carboxylic acids is 3. The van der Waals surface area contributed by atoms with E-state index in [9.17, 15) is 14.4 Å². The molecular formula is C20H24ClN3O3. The molecule has 2 aromatic rings. The summed E-state index contributed by atoms with van der Waals surface area (Å²) in [6, 6.07) is 14.9. The second-order valence-electron chi connectivity index (χ2n) is 6.31. The lowest BCUT2D eigenvalue weighted by Crippen LogP contribution is -2.46. The molecule has 144 valence electrons. The van der Waals surface area contributed by atoms with Crippen LogP contribution in [0.1, 0.15) is 29.8 Å². The van der Waals surface area contributed by atoms with Crippen molar-refractivity contribution in [3.05, 3.63) is 65.7 Å². The Morgan fingerprint density at radius 3 is 2.22 bits per heavy atom. The standard InChI is InChI=1S/C20H23N3O3.ClH/c1-13(2)18(21)20(26)22-12-17(24)23-16-10-6-9-15(11-16)19(25)14-7-4-3-5-8-14;/h3-11,13,18H,12,21H2,1-2H3,(H,22,26)(H,23,24);1H/t18-;/m0./s1. The van der Waals surface area contributed by atoms with Crippen molar-refractivity contribution in [1.29, 1.82) is 0 Å². The number of nitrogens with one attached hydrogen (secondary N) is 2. The highest BCUT2D eigenvalue weighted by Gasteiger charge is 2.17. The van der Waals surface area contributed by atoms with Gasteiger partial charge in [-0.1, -0.05) is 56.3 Å². The summed E-state index contributed by atoms with van der Waals surface area (Å²) in [5, 5.41) is 5.17. The molecule has 0 radical (unpaired) electrons. The Morgan fingerprint density at radius 2 is 1.59 bits per heavy atom. The summed E-state index contributed by atoms with van der Waals surface area (Å²) in [7, 11) is 0. The molecule has 0 bridgehead atoms. The molecule has 2 rings (SSSR count). The molecule has 0 aliphatic rings. The highest BCUT2D eigenvalue weighted by Crippen LogP contribution is 2.15. The first-order valence-electron chi connectivity index (χ1n) is 8.41. The van der Waals surface area contributed by atoms with Crippen molar-refractivity contribution >= 4 is 35.7 Å². The van der Waals surface area contributed by atoms with Gasteiger partial charge in [-0.05, 0) is 18.1 Å². The number of anilines is 1. The average Bonchev–Trinajstić information content (AvgIpc) is 2.65. The summed E-state index contributed by atoms with van der Waals surface area (Å²) in [6.45, 7) is 3.48. The van der Waals surface area contributed by atoms with Crippen LogP contribution >= 0.6 is 12.4 Å². The summed E-state index contributed by atoms with van der Waals surface area (Å²) in [5.74, 6) is -0.904. The Balaban J connectivity index is 0.00000364. The maximum atomic E-state index is 12.5. The van der Waals surface area contributed by atoms with Gasteiger partial charge in [0.15, 0.2) is 5.78 Å². The normalized spacial score (nSPS) is 11.3. The monoisotopic (exact) mass is 389 g/mol. The third kappa shape index (κ3) is 6.51. The van der Waals surface area contributed by atoms with Gasteiger partial charge in [0.05, 0.1) is 12.6 Å². The number of rotatable bonds is 7. The number of benzene rings is 2. The topological polar surface area (TPSA) is 101 Å². The van der Waals surface area contributed by atoms with E-state index in [1.54, 1.807) is 48.5 Å². The summed E-state index contributed by atoms with van der Waals surface area (Å²) in [6.07, 6.45) is 0. The predicted octanol–water partition coefficient (Wildman–Crippen LogP) is 2.38. The molecule has 0 saturated carbocycles. The molecule has 2 amide bonds. The Hall–Kier alpha value is -2.70. The Morgan fingerprint density at radius 1 is 0.963 bits per heavy atom. The van der Waals surface area contributed by atoms with Crippen LogP contribution in [-0.4, -0.2) is 30.2 Å². The van der Waals surface area contributed by atoms with Crippen LogP contribution in [0.2, 0.25) is 0 Å². The van der Waals surface area contributed by atoms with Crippen LogP contribution in [0, 0.1) is 5.92 Å². The molecule has 4 N–H and O–H groups in total. The van der Waals surface area contributed by atoms with E-state index in [0.29, 0.717) is 16.8 Å². The molecule has 0 aliphatic carbocycles. The lowest BCUT2D eigenvalue weighted by molar-refractivity contribution is -0.125. The van der Waals surface area contributed by atoms with Gasteiger partial charge in [0.1, 0.15) is 0 Å². The van der Waals surface area contributed by atoms with E-state index >= 15 is 0 Å². The fourth-order valence-corrected chi connectivity index (χ4v) is 2.29. The molecule has 0 saturated heterocycles. The van der Waals surface area contributed by atoms with Gasteiger partial charge in [-0.15, -0.1) is 12.4 Å². The van der Waals surface area contributed by atoms with Crippen LogP contribution in [0.4, 0.5) is 5.69 Å². The van der Waals surface area contributed by atoms with Crippen molar-refractivity contribution in [1.82, 2.24) is 5.32 Å². The summed E-state index contributed by atoms with van der Waals surface area (Å²) >= 11 is 0. The average molecular weight is 390 g/mol. The highest BCUT2D eigenvalue weighted by atomic mass is 35.5. The van der Waals surface area contributed by atoms with Crippen molar-refractivity contribution in [2.24, 2.45) is 11.7 Å². The van der Waals surface area contributed by atoms with Gasteiger partial charge in [0.2, 0.25) is 11.8 Å². The first-order chi connectivity index (χ1) is 12.4. The smallest absolute Gasteiger partial charge is 0.243 e. The fraction of sp³-hybridized carbons (Fsp3) is 0.250. The van der Waals surface area contributed by atoms with Crippen molar-refractivity contribution in [3.8, 4) is 0 Å². The molecule has 27 heavy (non-hydrogen) atoms. The predicted molar refractivity (Wildman–Crippen MR) is 108 cm³/mol. The van der Waals surface area contributed by atoms with Gasteiger partial charge in [0, 0.05) is 16.8 Å². The number of hydrogen-bond donors (Lipinski definition) is 3. The summed E-state index contributed by atoms with van der Waals surface area (Å²) < 4.78 is 0. The minimum absolute atomic E-state index is 0. The zero-order chi connectivity index (χ0) is 19.1. The van der Waals surface area contributed by atoms with E-state index in [0.717, 1.165) is 0 Å². The lowest BCUT2D eigenvalue weighted by atomic mass is 10.0. The minimum Gasteiger partial charge on any atom is -0.346 e. The van der Waals surface area contributed by atoms with Gasteiger partial charge in [0.25, 0.3) is 0 Å². The number of ketones is 1. The lowest BCUT2D eigenvalue weighted by Gasteiger charge is -2.15. The number of carbonyl (C=O) groups is 3. The molecule has 0 heterocycles. The zero-order valence-corrected chi connectivity index (χ0v) is 16.1. The zero-order valence-electron chi connectivity index (χ0n) is 15.3. The van der Waals surface area contributed by atoms with Crippen molar-refractivity contribution in [3.63, 3.8) is 0 Å². The van der Waals surface area contributed by atoms with Crippen molar-refractivity contribution < 1.29 is 14.4 Å². The maximum Gasteiger partial charge on any atom is 0.243 e. The van der Waals surface area contributed by atoms with Gasteiger partial charge in [-0.3, -0.25) is 14.4 Å². The maximum absolute atomic E-state index is 12.5. The van der Waals surface area contributed by atoms with Crippen molar-refractivity contribution in [2.75, 3.05) is 11.9 Å². The molecule has 2 aromatic carbocycles. The van der Waals surface area contributed by atoms with Crippen LogP contribution in [0.15, 0.2) is 54.6 Å². The molecule has 0 fully saturated rings. The first-order valence-corrected chi connectivity index (χ1v) is 8.41. The van der Waals surface area contributed by atoms with Crippen LogP contribution in [0.5, 0.6) is 0 Å². The molecule has 1 atom stereocenters. The van der Waals surface area contributed by atoms with E-state index in [4.69, 9.17) is 5.73 Å². The van der Waals surface area contributed by atoms with E-state index in [-0.39, 0.29) is 36.6 Å². The van der Waals surface area contributed by atoms with Gasteiger partial charge in [-0.25, -0.2) is 0 Å². The van der Waals surface area contributed by atoms with Crippen LogP contribution in [0.3, 0.4) is 0 Å². The molecule has 0 unspecified atom stereocenters. The molecule has 0 aromatic heterocycles. The molecule has 0 spiro atoms. The van der Waals surface area contributed by atoms with Gasteiger partial charge < -0.3 is 16.4 Å². The van der Waals surface area contributed by atoms with Crippen molar-refractivity contribution in [2.45, 2.75) is 19.9 Å². The quantitative estimate of drug-likeness (QED) is 0.633. The van der Waals surface area contributed by atoms with Gasteiger partial charge >= 0.3 is 0 Å². The Bertz CT molecular complexity index is 794. The SMILES string of the molecule is CC(C)[C@H](N)C(=O)NCC(=O)Nc1cccc(C(=O)c2ccccc2)c1.Cl. The molecule has 0 aliphatic heterocycles. The van der Waals surface area contributed by atoms with Crippen LogP contribution < -0.4 is 16.4 Å². The minimum atomic E-state index is -0.658. The summed E-state index contributed by atoms with van der Waals surface area (Å²) in [5.41, 5.74) is 7.26. The van der Waals surface area contributed by atoms with E-state index in [1.807, 2.05) is 19.9 Å². The Kier molecular flexibility index (Phi) is 8.65. The Labute approximate surface area is 164 Å². The third-order valence-electron chi connectivity index (χ3n) is 3.89. The number of halogens is 1. The number of amides is 2. The first kappa shape index (κ1) is 22.3. The van der Waals surface area contributed by atoms with Gasteiger partial charge in [-0.2, -0.15) is 0 Å². The summed E-state index contributed by atoms with van der Waals surface area (Å²) in [4.78, 5) is 36.2. The molecule has 7 heteroatoms. The second-order valence-corrected chi connectivity index (χ2v) is 6.31. The molecular weight excluding hydrogens is 366 g/mol. The number of nitrogens with two attached hydrogens (primary N) is 1. The van der Waals surface area contributed by atoms with E-state index < -0.39 is 11.9 Å². The number of hydrogen-bond acceptors (Lipinski definition) is 4. The highest BCUT2D eigenvalue weighted by molar-refractivity contribution is 6.09. The van der Waals surface area contributed by atoms with E-state index in [2.05, 4.69) is 10.6 Å². The van der Waals surface area contributed by atoms with Crippen LogP contribution in [0.25, 0.3) is 0 Å². The second kappa shape index (κ2) is 10.4. The van der Waals surface area contributed by atoms with E-state index in [1.165, 1.54) is 0 Å². The molecule has 6 nitrogen and oxygen atoms in total. The van der Waals surface area contributed by atoms with Crippen LogP contribution in [-0.2, 0) is 9.59 Å². The fourth-order valence-electron chi connectivity index (χ4n) is 2.29. The largest absolute Gasteiger partial charge is 0.346 e. The third-order valence-corrected chi connectivity index (χ3v) is 3.89.